The molecule has 15 heavy (non-hydrogen) atoms. The van der Waals surface area contributed by atoms with E-state index >= 15 is 0 Å². The van der Waals surface area contributed by atoms with Crippen molar-refractivity contribution in [3.63, 3.8) is 0 Å². The van der Waals surface area contributed by atoms with Crippen molar-refractivity contribution in [2.24, 2.45) is 0 Å². The van der Waals surface area contributed by atoms with Gasteiger partial charge in [-0.25, -0.2) is 0 Å². The Morgan fingerprint density at radius 3 is 1.40 bits per heavy atom. The Bertz CT molecular complexity index is 219. The number of hydrogen-bond donors (Lipinski definition) is 3. The van der Waals surface area contributed by atoms with Crippen molar-refractivity contribution in [3.8, 4) is 0 Å². The summed E-state index contributed by atoms with van der Waals surface area (Å²) in [5.74, 6) is 0. The zero-order valence-corrected chi connectivity index (χ0v) is 11.6. The Kier molecular flexibility index (Phi) is 5.00. The summed E-state index contributed by atoms with van der Waals surface area (Å²) in [6.45, 7) is 11.9. The Balaban J connectivity index is 4.04. The maximum atomic E-state index is 11.7. The predicted molar refractivity (Wildman–Crippen MR) is 65.3 cm³/mol. The van der Waals surface area contributed by atoms with Crippen LogP contribution in [0.4, 0.5) is 0 Å². The van der Waals surface area contributed by atoms with Crippen LogP contribution in [-0.4, -0.2) is 28.5 Å². The van der Waals surface area contributed by atoms with E-state index in [1.165, 1.54) is 0 Å². The van der Waals surface area contributed by atoms with Crippen LogP contribution in [0.2, 0.25) is 0 Å². The Morgan fingerprint density at radius 1 is 0.933 bits per heavy atom. The molecule has 0 saturated heterocycles. The third-order valence-electron chi connectivity index (χ3n) is 1.71. The molecule has 0 fully saturated rings. The van der Waals surface area contributed by atoms with E-state index in [0.29, 0.717) is 0 Å². The molecule has 0 aliphatic heterocycles. The topological polar surface area (TPSA) is 61.4 Å². The van der Waals surface area contributed by atoms with E-state index in [4.69, 9.17) is 0 Å². The molecule has 0 amide bonds. The molecule has 0 aromatic carbocycles. The largest absolute Gasteiger partial charge is 0.343 e. The van der Waals surface area contributed by atoms with Crippen LogP contribution in [0.25, 0.3) is 0 Å². The molecule has 92 valence electrons. The molecule has 0 bridgehead atoms. The van der Waals surface area contributed by atoms with Crippen molar-refractivity contribution < 1.29 is 9.46 Å². The van der Waals surface area contributed by atoms with Gasteiger partial charge in [-0.05, 0) is 41.5 Å². The number of rotatable bonds is 4. The van der Waals surface area contributed by atoms with E-state index in [1.807, 2.05) is 41.5 Å². The molecule has 0 aliphatic carbocycles. The lowest BCUT2D eigenvalue weighted by atomic mass is 10.1. The SMILES string of the molecule is CC(C)(C)NCP(=O)(O)CNC(C)(C)C. The second-order valence-electron chi connectivity index (χ2n) is 6.02. The van der Waals surface area contributed by atoms with Gasteiger partial charge in [0, 0.05) is 11.1 Å². The van der Waals surface area contributed by atoms with Gasteiger partial charge in [-0.3, -0.25) is 4.57 Å². The van der Waals surface area contributed by atoms with Gasteiger partial charge in [-0.2, -0.15) is 0 Å². The van der Waals surface area contributed by atoms with E-state index in [-0.39, 0.29) is 23.6 Å². The van der Waals surface area contributed by atoms with Crippen molar-refractivity contribution >= 4 is 7.37 Å². The molecule has 5 heteroatoms. The van der Waals surface area contributed by atoms with E-state index in [9.17, 15) is 9.46 Å². The summed E-state index contributed by atoms with van der Waals surface area (Å²) in [6.07, 6.45) is 0.305. The second-order valence-corrected chi connectivity index (χ2v) is 8.34. The van der Waals surface area contributed by atoms with Gasteiger partial charge in [0.05, 0.1) is 12.6 Å². The van der Waals surface area contributed by atoms with Crippen LogP contribution < -0.4 is 10.6 Å². The van der Waals surface area contributed by atoms with Gasteiger partial charge >= 0.3 is 0 Å². The summed E-state index contributed by atoms with van der Waals surface area (Å²) in [7, 11) is -3.11. The van der Waals surface area contributed by atoms with Crippen LogP contribution in [0.1, 0.15) is 41.5 Å². The van der Waals surface area contributed by atoms with Crippen LogP contribution >= 0.6 is 7.37 Å². The molecule has 0 rings (SSSR count). The minimum atomic E-state index is -3.11. The summed E-state index contributed by atoms with van der Waals surface area (Å²) in [5.41, 5.74) is -0.250. The standard InChI is InChI=1S/C10H25N2O2P/c1-9(2,3)11-7-15(13,14)8-12-10(4,5)6/h11-12H,7-8H2,1-6H3,(H,13,14). The Morgan fingerprint density at radius 2 is 1.20 bits per heavy atom. The molecule has 0 aliphatic rings. The van der Waals surface area contributed by atoms with Gasteiger partial charge in [-0.1, -0.05) is 0 Å². The molecule has 0 radical (unpaired) electrons. The zero-order valence-electron chi connectivity index (χ0n) is 10.7. The highest BCUT2D eigenvalue weighted by molar-refractivity contribution is 7.57. The Labute approximate surface area is 93.3 Å². The van der Waals surface area contributed by atoms with E-state index in [0.717, 1.165) is 0 Å². The fraction of sp³-hybridized carbons (Fsp3) is 1.00. The van der Waals surface area contributed by atoms with Gasteiger partial charge in [0.15, 0.2) is 0 Å². The average Bonchev–Trinajstić information content (AvgIpc) is 1.96. The van der Waals surface area contributed by atoms with E-state index in [2.05, 4.69) is 10.6 Å². The third kappa shape index (κ3) is 10.4. The molecule has 0 aromatic heterocycles. The summed E-state index contributed by atoms with van der Waals surface area (Å²) < 4.78 is 11.7. The van der Waals surface area contributed by atoms with E-state index in [1.54, 1.807) is 0 Å². The van der Waals surface area contributed by atoms with Crippen LogP contribution in [0.3, 0.4) is 0 Å². The normalized spacial score (nSPS) is 14.3. The van der Waals surface area contributed by atoms with E-state index < -0.39 is 7.37 Å². The monoisotopic (exact) mass is 236 g/mol. The fourth-order valence-electron chi connectivity index (χ4n) is 0.777. The molecular weight excluding hydrogens is 211 g/mol. The first-order chi connectivity index (χ1) is 6.41. The maximum Gasteiger partial charge on any atom is 0.227 e. The van der Waals surface area contributed by atoms with Gasteiger partial charge < -0.3 is 15.5 Å². The van der Waals surface area contributed by atoms with Crippen LogP contribution in [0.15, 0.2) is 0 Å². The fourth-order valence-corrected chi connectivity index (χ4v) is 2.33. The molecular formula is C10H25N2O2P. The lowest BCUT2D eigenvalue weighted by Crippen LogP contribution is -2.40. The van der Waals surface area contributed by atoms with Crippen molar-refractivity contribution in [2.45, 2.75) is 52.6 Å². The highest BCUT2D eigenvalue weighted by atomic mass is 31.2. The number of nitrogens with one attached hydrogen (secondary N) is 2. The average molecular weight is 236 g/mol. The third-order valence-corrected chi connectivity index (χ3v) is 3.02. The quantitative estimate of drug-likeness (QED) is 0.653. The second kappa shape index (κ2) is 4.96. The molecule has 4 nitrogen and oxygen atoms in total. The van der Waals surface area contributed by atoms with Gasteiger partial charge in [-0.15, -0.1) is 0 Å². The zero-order chi connectivity index (χ0) is 12.3. The van der Waals surface area contributed by atoms with Gasteiger partial charge in [0.25, 0.3) is 0 Å². The van der Waals surface area contributed by atoms with Crippen LogP contribution in [0, 0.1) is 0 Å². The van der Waals surface area contributed by atoms with Crippen molar-refractivity contribution in [3.05, 3.63) is 0 Å². The van der Waals surface area contributed by atoms with Crippen molar-refractivity contribution in [1.29, 1.82) is 0 Å². The lowest BCUT2D eigenvalue weighted by molar-refractivity contribution is 0.403. The molecule has 0 spiro atoms. The summed E-state index contributed by atoms with van der Waals surface area (Å²) in [4.78, 5) is 9.67. The summed E-state index contributed by atoms with van der Waals surface area (Å²) in [6, 6.07) is 0. The van der Waals surface area contributed by atoms with Crippen molar-refractivity contribution in [2.75, 3.05) is 12.6 Å². The molecule has 0 atom stereocenters. The van der Waals surface area contributed by atoms with Gasteiger partial charge in [0.2, 0.25) is 7.37 Å². The Hall–Kier alpha value is 0.110. The van der Waals surface area contributed by atoms with Crippen molar-refractivity contribution in [1.82, 2.24) is 10.6 Å². The van der Waals surface area contributed by atoms with Crippen LogP contribution in [-0.2, 0) is 4.57 Å². The van der Waals surface area contributed by atoms with Crippen LogP contribution in [0.5, 0.6) is 0 Å². The highest BCUT2D eigenvalue weighted by Gasteiger charge is 2.23. The molecule has 3 N–H and O–H groups in total. The molecule has 0 aromatic rings. The lowest BCUT2D eigenvalue weighted by Gasteiger charge is -2.26. The molecule has 0 saturated carbocycles. The molecule has 0 unspecified atom stereocenters. The highest BCUT2D eigenvalue weighted by Crippen LogP contribution is 2.38. The summed E-state index contributed by atoms with van der Waals surface area (Å²) >= 11 is 0. The minimum Gasteiger partial charge on any atom is -0.343 e. The first-order valence-electron chi connectivity index (χ1n) is 5.22. The first-order valence-corrected chi connectivity index (χ1v) is 7.25. The first kappa shape index (κ1) is 15.1. The minimum absolute atomic E-state index is 0.125. The number of hydrogen-bond acceptors (Lipinski definition) is 3. The predicted octanol–water partition coefficient (Wildman–Crippen LogP) is 1.95. The maximum absolute atomic E-state index is 11.7. The molecule has 0 heterocycles. The van der Waals surface area contributed by atoms with Gasteiger partial charge in [0.1, 0.15) is 0 Å². The summed E-state index contributed by atoms with van der Waals surface area (Å²) in [5, 5.41) is 6.09. The smallest absolute Gasteiger partial charge is 0.227 e.